The van der Waals surface area contributed by atoms with Crippen LogP contribution in [0.4, 0.5) is 4.39 Å². The smallest absolute Gasteiger partial charge is 0.124 e. The Hall–Kier alpha value is -0.450. The van der Waals surface area contributed by atoms with Crippen LogP contribution in [0.3, 0.4) is 0 Å². The zero-order valence-corrected chi connectivity index (χ0v) is 11.2. The number of likely N-dealkylation sites (N-methyl/N-ethyl adjacent to an activating group) is 1. The van der Waals surface area contributed by atoms with Gasteiger partial charge in [0.25, 0.3) is 0 Å². The van der Waals surface area contributed by atoms with E-state index in [1.165, 1.54) is 12.1 Å². The first-order valence-electron chi connectivity index (χ1n) is 5.33. The third-order valence-corrected chi connectivity index (χ3v) is 3.08. The van der Waals surface area contributed by atoms with Crippen LogP contribution in [0.1, 0.15) is 12.5 Å². The average Bonchev–Trinajstić information content (AvgIpc) is 2.23. The second kappa shape index (κ2) is 6.99. The second-order valence-electron chi connectivity index (χ2n) is 3.65. The Morgan fingerprint density at radius 3 is 2.81 bits per heavy atom. The molecule has 0 amide bonds. The molecule has 90 valence electrons. The quantitative estimate of drug-likeness (QED) is 0.870. The van der Waals surface area contributed by atoms with Gasteiger partial charge in [-0.05, 0) is 30.7 Å². The topological polar surface area (TPSA) is 21.3 Å². The third-order valence-electron chi connectivity index (χ3n) is 2.34. The molecular formula is C12H17BrFNO. The fraction of sp³-hybridized carbons (Fsp3) is 0.500. The largest absolute Gasteiger partial charge is 0.383 e. The third kappa shape index (κ3) is 4.20. The molecule has 0 heterocycles. The number of halogens is 2. The van der Waals surface area contributed by atoms with Gasteiger partial charge >= 0.3 is 0 Å². The molecule has 1 rings (SSSR count). The molecule has 0 aliphatic rings. The van der Waals surface area contributed by atoms with Crippen LogP contribution in [0.5, 0.6) is 0 Å². The van der Waals surface area contributed by atoms with E-state index in [1.54, 1.807) is 13.2 Å². The summed E-state index contributed by atoms with van der Waals surface area (Å²) in [5.74, 6) is -0.220. The molecule has 0 spiro atoms. The normalized spacial score (nSPS) is 12.8. The highest BCUT2D eigenvalue weighted by Crippen LogP contribution is 2.19. The summed E-state index contributed by atoms with van der Waals surface area (Å²) >= 11 is 3.37. The van der Waals surface area contributed by atoms with Crippen molar-refractivity contribution in [3.63, 3.8) is 0 Å². The highest BCUT2D eigenvalue weighted by Gasteiger charge is 2.10. The van der Waals surface area contributed by atoms with Crippen molar-refractivity contribution in [2.45, 2.75) is 19.4 Å². The molecule has 1 unspecified atom stereocenters. The Morgan fingerprint density at radius 1 is 1.50 bits per heavy atom. The van der Waals surface area contributed by atoms with Gasteiger partial charge in [-0.2, -0.15) is 0 Å². The van der Waals surface area contributed by atoms with E-state index in [-0.39, 0.29) is 11.9 Å². The summed E-state index contributed by atoms with van der Waals surface area (Å²) in [7, 11) is 1.68. The SMILES string of the molecule is CCNC(COC)Cc1ccc(F)cc1Br. The first-order valence-corrected chi connectivity index (χ1v) is 6.13. The van der Waals surface area contributed by atoms with E-state index in [0.29, 0.717) is 6.61 Å². The first kappa shape index (κ1) is 13.6. The summed E-state index contributed by atoms with van der Waals surface area (Å²) in [6, 6.07) is 5.04. The molecule has 1 atom stereocenters. The molecule has 16 heavy (non-hydrogen) atoms. The van der Waals surface area contributed by atoms with Gasteiger partial charge in [-0.25, -0.2) is 4.39 Å². The average molecular weight is 290 g/mol. The fourth-order valence-electron chi connectivity index (χ4n) is 1.63. The summed E-state index contributed by atoms with van der Waals surface area (Å²) in [6.07, 6.45) is 0.822. The van der Waals surface area contributed by atoms with E-state index in [1.807, 2.05) is 0 Å². The van der Waals surface area contributed by atoms with Crippen LogP contribution in [-0.2, 0) is 11.2 Å². The minimum atomic E-state index is -0.220. The van der Waals surface area contributed by atoms with Crippen molar-refractivity contribution in [2.75, 3.05) is 20.3 Å². The molecular weight excluding hydrogens is 273 g/mol. The van der Waals surface area contributed by atoms with Gasteiger partial charge in [-0.1, -0.05) is 28.9 Å². The van der Waals surface area contributed by atoms with Crippen molar-refractivity contribution in [2.24, 2.45) is 0 Å². The van der Waals surface area contributed by atoms with Crippen LogP contribution in [0.25, 0.3) is 0 Å². The van der Waals surface area contributed by atoms with E-state index >= 15 is 0 Å². The minimum Gasteiger partial charge on any atom is -0.383 e. The number of methoxy groups -OCH3 is 1. The van der Waals surface area contributed by atoms with E-state index < -0.39 is 0 Å². The maximum Gasteiger partial charge on any atom is 0.124 e. The Kier molecular flexibility index (Phi) is 5.95. The standard InChI is InChI=1S/C12H17BrFNO/c1-3-15-11(8-16-2)6-9-4-5-10(14)7-12(9)13/h4-5,7,11,15H,3,6,8H2,1-2H3. The Morgan fingerprint density at radius 2 is 2.25 bits per heavy atom. The van der Waals surface area contributed by atoms with Gasteiger partial charge in [0.2, 0.25) is 0 Å². The van der Waals surface area contributed by atoms with E-state index in [9.17, 15) is 4.39 Å². The van der Waals surface area contributed by atoms with E-state index in [0.717, 1.165) is 23.0 Å². The summed E-state index contributed by atoms with van der Waals surface area (Å²) in [5, 5.41) is 3.33. The van der Waals surface area contributed by atoms with Gasteiger partial charge in [0.05, 0.1) is 6.61 Å². The lowest BCUT2D eigenvalue weighted by molar-refractivity contribution is 0.167. The van der Waals surface area contributed by atoms with Gasteiger partial charge in [0, 0.05) is 17.6 Å². The Bertz CT molecular complexity index is 327. The molecule has 1 aromatic carbocycles. The summed E-state index contributed by atoms with van der Waals surface area (Å²) in [4.78, 5) is 0. The van der Waals surface area contributed by atoms with Crippen molar-refractivity contribution in [1.82, 2.24) is 5.32 Å². The number of nitrogens with one attached hydrogen (secondary N) is 1. The molecule has 0 saturated carbocycles. The first-order chi connectivity index (χ1) is 7.67. The molecule has 1 aromatic rings. The highest BCUT2D eigenvalue weighted by molar-refractivity contribution is 9.10. The molecule has 4 heteroatoms. The summed E-state index contributed by atoms with van der Waals surface area (Å²) < 4.78 is 18.9. The Balaban J connectivity index is 2.68. The number of ether oxygens (including phenoxy) is 1. The van der Waals surface area contributed by atoms with Crippen LogP contribution in [0.2, 0.25) is 0 Å². The molecule has 0 radical (unpaired) electrons. The van der Waals surface area contributed by atoms with Crippen LogP contribution >= 0.6 is 15.9 Å². The van der Waals surface area contributed by atoms with Gasteiger partial charge in [-0.3, -0.25) is 0 Å². The number of benzene rings is 1. The van der Waals surface area contributed by atoms with Crippen molar-refractivity contribution >= 4 is 15.9 Å². The Labute approximate surface area is 104 Å². The minimum absolute atomic E-state index is 0.220. The fourth-order valence-corrected chi connectivity index (χ4v) is 2.15. The van der Waals surface area contributed by atoms with Crippen molar-refractivity contribution in [1.29, 1.82) is 0 Å². The highest BCUT2D eigenvalue weighted by atomic mass is 79.9. The summed E-state index contributed by atoms with van der Waals surface area (Å²) in [5.41, 5.74) is 1.09. The van der Waals surface area contributed by atoms with Gasteiger partial charge in [0.1, 0.15) is 5.82 Å². The maximum absolute atomic E-state index is 12.9. The van der Waals surface area contributed by atoms with Crippen LogP contribution < -0.4 is 5.32 Å². The molecule has 0 aromatic heterocycles. The van der Waals surface area contributed by atoms with Gasteiger partial charge in [0.15, 0.2) is 0 Å². The number of hydrogen-bond acceptors (Lipinski definition) is 2. The maximum atomic E-state index is 12.9. The molecule has 0 saturated heterocycles. The lowest BCUT2D eigenvalue weighted by atomic mass is 10.1. The molecule has 0 fully saturated rings. The second-order valence-corrected chi connectivity index (χ2v) is 4.50. The van der Waals surface area contributed by atoms with Crippen molar-refractivity contribution in [3.05, 3.63) is 34.1 Å². The zero-order chi connectivity index (χ0) is 12.0. The number of hydrogen-bond donors (Lipinski definition) is 1. The van der Waals surface area contributed by atoms with Crippen LogP contribution in [0.15, 0.2) is 22.7 Å². The van der Waals surface area contributed by atoms with Crippen molar-refractivity contribution < 1.29 is 9.13 Å². The molecule has 0 aliphatic heterocycles. The molecule has 2 nitrogen and oxygen atoms in total. The lowest BCUT2D eigenvalue weighted by Crippen LogP contribution is -2.35. The predicted molar refractivity (Wildman–Crippen MR) is 67.1 cm³/mol. The van der Waals surface area contributed by atoms with Crippen molar-refractivity contribution in [3.8, 4) is 0 Å². The lowest BCUT2D eigenvalue weighted by Gasteiger charge is -2.17. The molecule has 0 aliphatic carbocycles. The monoisotopic (exact) mass is 289 g/mol. The van der Waals surface area contributed by atoms with Crippen LogP contribution in [-0.4, -0.2) is 26.3 Å². The predicted octanol–water partition coefficient (Wildman–Crippen LogP) is 2.76. The van der Waals surface area contributed by atoms with Crippen LogP contribution in [0, 0.1) is 5.82 Å². The van der Waals surface area contributed by atoms with E-state index in [4.69, 9.17) is 4.74 Å². The molecule has 0 bridgehead atoms. The van der Waals surface area contributed by atoms with Gasteiger partial charge < -0.3 is 10.1 Å². The van der Waals surface area contributed by atoms with Gasteiger partial charge in [-0.15, -0.1) is 0 Å². The molecule has 1 N–H and O–H groups in total. The number of rotatable bonds is 6. The van der Waals surface area contributed by atoms with E-state index in [2.05, 4.69) is 28.2 Å². The zero-order valence-electron chi connectivity index (χ0n) is 9.59. The summed E-state index contributed by atoms with van der Waals surface area (Å²) in [6.45, 7) is 3.60.